The lowest BCUT2D eigenvalue weighted by Gasteiger charge is -1.98. The van der Waals surface area contributed by atoms with E-state index < -0.39 is 0 Å². The van der Waals surface area contributed by atoms with E-state index in [9.17, 15) is 0 Å². The highest BCUT2D eigenvalue weighted by Crippen LogP contribution is 2.20. The second kappa shape index (κ2) is 4.63. The van der Waals surface area contributed by atoms with Gasteiger partial charge in [0.1, 0.15) is 5.58 Å². The number of para-hydroxylation sites is 1. The summed E-state index contributed by atoms with van der Waals surface area (Å²) in [4.78, 5) is 0. The standard InChI is InChI=1S/C12H12N2O/c13-6-8-14-7-5-10-9-15-12-4-2-1-3-11(10)12/h1-4,9,14H,5,7-8H2. The number of nitrogens with zero attached hydrogens (tertiary/aromatic N) is 1. The molecule has 1 heterocycles. The zero-order valence-corrected chi connectivity index (χ0v) is 8.36. The topological polar surface area (TPSA) is 49.0 Å². The minimum atomic E-state index is 0.399. The van der Waals surface area contributed by atoms with Crippen LogP contribution in [-0.2, 0) is 6.42 Å². The SMILES string of the molecule is N#CCNCCc1coc2ccccc12. The first kappa shape index (κ1) is 9.75. The Morgan fingerprint density at radius 3 is 3.07 bits per heavy atom. The zero-order valence-electron chi connectivity index (χ0n) is 8.36. The highest BCUT2D eigenvalue weighted by atomic mass is 16.3. The molecule has 0 atom stereocenters. The summed E-state index contributed by atoms with van der Waals surface area (Å²) in [6, 6.07) is 10.0. The predicted molar refractivity (Wildman–Crippen MR) is 58.4 cm³/mol. The fourth-order valence-electron chi connectivity index (χ4n) is 1.59. The van der Waals surface area contributed by atoms with Crippen LogP contribution in [0.1, 0.15) is 5.56 Å². The minimum Gasteiger partial charge on any atom is -0.464 e. The smallest absolute Gasteiger partial charge is 0.134 e. The quantitative estimate of drug-likeness (QED) is 0.607. The molecule has 0 amide bonds. The lowest BCUT2D eigenvalue weighted by Crippen LogP contribution is -2.16. The van der Waals surface area contributed by atoms with Crippen LogP contribution < -0.4 is 5.32 Å². The summed E-state index contributed by atoms with van der Waals surface area (Å²) >= 11 is 0. The van der Waals surface area contributed by atoms with Crippen LogP contribution in [0.15, 0.2) is 34.9 Å². The number of nitrogens with one attached hydrogen (secondary N) is 1. The Kier molecular flexibility index (Phi) is 3.01. The molecule has 0 aliphatic heterocycles. The Morgan fingerprint density at radius 1 is 1.33 bits per heavy atom. The molecule has 0 aliphatic rings. The van der Waals surface area contributed by atoms with E-state index in [2.05, 4.69) is 17.5 Å². The second-order valence-corrected chi connectivity index (χ2v) is 3.34. The lowest BCUT2D eigenvalue weighted by atomic mass is 10.1. The van der Waals surface area contributed by atoms with Gasteiger partial charge in [-0.05, 0) is 18.1 Å². The fraction of sp³-hybridized carbons (Fsp3) is 0.250. The summed E-state index contributed by atoms with van der Waals surface area (Å²) < 4.78 is 5.41. The molecular formula is C12H12N2O. The first-order valence-corrected chi connectivity index (χ1v) is 4.94. The number of hydrogen-bond acceptors (Lipinski definition) is 3. The number of nitriles is 1. The van der Waals surface area contributed by atoms with Gasteiger partial charge in [0.05, 0.1) is 18.9 Å². The Labute approximate surface area is 88.3 Å². The van der Waals surface area contributed by atoms with Crippen molar-refractivity contribution in [3.05, 3.63) is 36.1 Å². The summed E-state index contributed by atoms with van der Waals surface area (Å²) in [5.74, 6) is 0. The van der Waals surface area contributed by atoms with Gasteiger partial charge in [-0.2, -0.15) is 5.26 Å². The molecule has 2 aromatic rings. The van der Waals surface area contributed by atoms with Gasteiger partial charge < -0.3 is 9.73 Å². The van der Waals surface area contributed by atoms with Gasteiger partial charge in [0.25, 0.3) is 0 Å². The largest absolute Gasteiger partial charge is 0.464 e. The van der Waals surface area contributed by atoms with Crippen LogP contribution in [0.3, 0.4) is 0 Å². The van der Waals surface area contributed by atoms with Crippen molar-refractivity contribution in [1.29, 1.82) is 5.26 Å². The Balaban J connectivity index is 2.05. The summed E-state index contributed by atoms with van der Waals surface area (Å²) in [7, 11) is 0. The maximum atomic E-state index is 8.36. The third-order valence-corrected chi connectivity index (χ3v) is 2.34. The van der Waals surface area contributed by atoms with Crippen LogP contribution in [-0.4, -0.2) is 13.1 Å². The molecular weight excluding hydrogens is 188 g/mol. The van der Waals surface area contributed by atoms with Crippen LogP contribution in [0.2, 0.25) is 0 Å². The van der Waals surface area contributed by atoms with Gasteiger partial charge in [-0.1, -0.05) is 18.2 Å². The highest BCUT2D eigenvalue weighted by molar-refractivity contribution is 5.80. The lowest BCUT2D eigenvalue weighted by molar-refractivity contribution is 0.608. The molecule has 1 aromatic heterocycles. The van der Waals surface area contributed by atoms with E-state index in [0.717, 1.165) is 23.9 Å². The molecule has 3 nitrogen and oxygen atoms in total. The van der Waals surface area contributed by atoms with Crippen molar-refractivity contribution in [3.8, 4) is 6.07 Å². The maximum Gasteiger partial charge on any atom is 0.134 e. The van der Waals surface area contributed by atoms with E-state index in [0.29, 0.717) is 6.54 Å². The van der Waals surface area contributed by atoms with E-state index in [-0.39, 0.29) is 0 Å². The maximum absolute atomic E-state index is 8.36. The predicted octanol–water partition coefficient (Wildman–Crippen LogP) is 2.09. The van der Waals surface area contributed by atoms with Gasteiger partial charge in [0, 0.05) is 11.9 Å². The Hall–Kier alpha value is -1.79. The molecule has 0 fully saturated rings. The van der Waals surface area contributed by atoms with Crippen molar-refractivity contribution < 1.29 is 4.42 Å². The number of rotatable bonds is 4. The molecule has 3 heteroatoms. The molecule has 0 bridgehead atoms. The molecule has 0 spiro atoms. The van der Waals surface area contributed by atoms with Crippen LogP contribution >= 0.6 is 0 Å². The number of fused-ring (bicyclic) bond motifs is 1. The molecule has 2 rings (SSSR count). The summed E-state index contributed by atoms with van der Waals surface area (Å²) in [6.45, 7) is 1.20. The van der Waals surface area contributed by atoms with Crippen molar-refractivity contribution in [2.24, 2.45) is 0 Å². The zero-order chi connectivity index (χ0) is 10.5. The monoisotopic (exact) mass is 200 g/mol. The van der Waals surface area contributed by atoms with Gasteiger partial charge in [0.15, 0.2) is 0 Å². The number of furan rings is 1. The third kappa shape index (κ3) is 2.17. The van der Waals surface area contributed by atoms with Crippen molar-refractivity contribution in [3.63, 3.8) is 0 Å². The van der Waals surface area contributed by atoms with Crippen molar-refractivity contribution in [2.45, 2.75) is 6.42 Å². The first-order chi connectivity index (χ1) is 7.42. The molecule has 0 saturated carbocycles. The number of hydrogen-bond donors (Lipinski definition) is 1. The number of benzene rings is 1. The van der Waals surface area contributed by atoms with E-state index in [4.69, 9.17) is 9.68 Å². The van der Waals surface area contributed by atoms with Crippen LogP contribution in [0, 0.1) is 11.3 Å². The molecule has 0 saturated heterocycles. The van der Waals surface area contributed by atoms with E-state index in [1.54, 1.807) is 6.26 Å². The molecule has 0 radical (unpaired) electrons. The average Bonchev–Trinajstić information content (AvgIpc) is 2.68. The van der Waals surface area contributed by atoms with E-state index >= 15 is 0 Å². The first-order valence-electron chi connectivity index (χ1n) is 4.94. The van der Waals surface area contributed by atoms with Crippen molar-refractivity contribution >= 4 is 11.0 Å². The molecule has 1 N–H and O–H groups in total. The molecule has 0 aliphatic carbocycles. The fourth-order valence-corrected chi connectivity index (χ4v) is 1.59. The van der Waals surface area contributed by atoms with Crippen molar-refractivity contribution in [2.75, 3.05) is 13.1 Å². The van der Waals surface area contributed by atoms with Gasteiger partial charge in [-0.25, -0.2) is 0 Å². The third-order valence-electron chi connectivity index (χ3n) is 2.34. The minimum absolute atomic E-state index is 0.399. The summed E-state index contributed by atoms with van der Waals surface area (Å²) in [5.41, 5.74) is 2.11. The highest BCUT2D eigenvalue weighted by Gasteiger charge is 2.03. The molecule has 76 valence electrons. The van der Waals surface area contributed by atoms with Crippen LogP contribution in [0.25, 0.3) is 11.0 Å². The normalized spacial score (nSPS) is 10.3. The molecule has 0 unspecified atom stereocenters. The van der Waals surface area contributed by atoms with Crippen molar-refractivity contribution in [1.82, 2.24) is 5.32 Å². The van der Waals surface area contributed by atoms with Crippen LogP contribution in [0.4, 0.5) is 0 Å². The van der Waals surface area contributed by atoms with Gasteiger partial charge in [0.2, 0.25) is 0 Å². The molecule has 15 heavy (non-hydrogen) atoms. The Bertz CT molecular complexity index is 482. The summed E-state index contributed by atoms with van der Waals surface area (Å²) in [5, 5.41) is 12.6. The van der Waals surface area contributed by atoms with Gasteiger partial charge in [-0.15, -0.1) is 0 Å². The van der Waals surface area contributed by atoms with Gasteiger partial charge >= 0.3 is 0 Å². The van der Waals surface area contributed by atoms with E-state index in [1.165, 1.54) is 5.56 Å². The second-order valence-electron chi connectivity index (χ2n) is 3.34. The Morgan fingerprint density at radius 2 is 2.20 bits per heavy atom. The molecule has 1 aromatic carbocycles. The van der Waals surface area contributed by atoms with Crippen LogP contribution in [0.5, 0.6) is 0 Å². The van der Waals surface area contributed by atoms with Gasteiger partial charge in [-0.3, -0.25) is 0 Å². The average molecular weight is 200 g/mol. The van der Waals surface area contributed by atoms with E-state index in [1.807, 2.05) is 18.2 Å². The summed E-state index contributed by atoms with van der Waals surface area (Å²) in [6.07, 6.45) is 2.68.